The average Bonchev–Trinajstić information content (AvgIpc) is 3.00. The third kappa shape index (κ3) is 3.40. The zero-order valence-electron chi connectivity index (χ0n) is 15.2. The molecule has 1 aromatic carbocycles. The Hall–Kier alpha value is -2.51. The summed E-state index contributed by atoms with van der Waals surface area (Å²) < 4.78 is 11.1. The van der Waals surface area contributed by atoms with Gasteiger partial charge in [0.2, 0.25) is 5.43 Å². The highest BCUT2D eigenvalue weighted by atomic mass is 32.1. The van der Waals surface area contributed by atoms with Crippen LogP contribution >= 0.6 is 11.3 Å². The molecule has 0 spiro atoms. The van der Waals surface area contributed by atoms with Gasteiger partial charge in [0.25, 0.3) is 0 Å². The molecule has 0 saturated heterocycles. The number of nitrogens with zero attached hydrogens (tertiary/aromatic N) is 1. The minimum Gasteiger partial charge on any atom is -0.463 e. The molecule has 0 aliphatic rings. The van der Waals surface area contributed by atoms with Gasteiger partial charge in [0.05, 0.1) is 10.9 Å². The second kappa shape index (κ2) is 7.01. The first kappa shape index (κ1) is 18.3. The Balaban J connectivity index is 2.03. The van der Waals surface area contributed by atoms with Crippen LogP contribution in [-0.2, 0) is 4.79 Å². The number of hydrogen-bond donors (Lipinski definition) is 1. The third-order valence-corrected chi connectivity index (χ3v) is 5.22. The van der Waals surface area contributed by atoms with E-state index in [-0.39, 0.29) is 11.3 Å². The fourth-order valence-electron chi connectivity index (χ4n) is 2.57. The van der Waals surface area contributed by atoms with Crippen molar-refractivity contribution < 1.29 is 19.7 Å². The van der Waals surface area contributed by atoms with Crippen LogP contribution < -0.4 is 15.9 Å². The molecule has 0 aliphatic carbocycles. The second-order valence-corrected chi connectivity index (χ2v) is 7.52. The molecule has 3 rings (SSSR count). The van der Waals surface area contributed by atoms with Crippen LogP contribution in [0.5, 0.6) is 5.75 Å². The molecule has 6 nitrogen and oxygen atoms in total. The zero-order chi connectivity index (χ0) is 19.0. The molecule has 1 atom stereocenters. The van der Waals surface area contributed by atoms with Crippen molar-refractivity contribution in [2.24, 2.45) is 5.92 Å². The highest BCUT2D eigenvalue weighted by Crippen LogP contribution is 2.27. The Morgan fingerprint density at radius 3 is 2.65 bits per heavy atom. The maximum atomic E-state index is 12.9. The van der Waals surface area contributed by atoms with Crippen molar-refractivity contribution in [2.75, 3.05) is 0 Å². The quantitative estimate of drug-likeness (QED) is 0.560. The maximum Gasteiger partial charge on any atom is 0.370 e. The number of esters is 1. The maximum absolute atomic E-state index is 12.9. The van der Waals surface area contributed by atoms with Crippen LogP contribution in [0.25, 0.3) is 21.5 Å². The molecule has 0 saturated carbocycles. The summed E-state index contributed by atoms with van der Waals surface area (Å²) in [5.74, 6) is 0.0116. The molecule has 2 heterocycles. The highest BCUT2D eigenvalue weighted by Gasteiger charge is 2.24. The number of quaternary nitrogens is 1. The first-order valence-electron chi connectivity index (χ1n) is 8.31. The average molecular weight is 373 g/mol. The predicted octanol–water partition coefficient (Wildman–Crippen LogP) is 2.71. The molecule has 0 radical (unpaired) electrons. The molecular weight excluding hydrogens is 352 g/mol. The molecule has 3 N–H and O–H groups in total. The number of carbonyl (C=O) groups is 1. The van der Waals surface area contributed by atoms with Crippen molar-refractivity contribution in [3.8, 4) is 16.3 Å². The van der Waals surface area contributed by atoms with Gasteiger partial charge in [-0.2, -0.15) is 0 Å². The topological polar surface area (TPSA) is 97.0 Å². The number of thiazole rings is 1. The van der Waals surface area contributed by atoms with Gasteiger partial charge in [-0.15, -0.1) is 11.3 Å². The Labute approximate surface area is 154 Å². The number of aryl methyl sites for hydroxylation is 2. The molecule has 7 heteroatoms. The minimum atomic E-state index is -0.464. The van der Waals surface area contributed by atoms with E-state index in [4.69, 9.17) is 9.15 Å². The summed E-state index contributed by atoms with van der Waals surface area (Å²) in [6.07, 6.45) is 1.41. The lowest BCUT2D eigenvalue weighted by atomic mass is 10.1. The summed E-state index contributed by atoms with van der Waals surface area (Å²) in [4.78, 5) is 29.4. The van der Waals surface area contributed by atoms with Crippen molar-refractivity contribution in [3.63, 3.8) is 0 Å². The van der Waals surface area contributed by atoms with E-state index >= 15 is 0 Å². The van der Waals surface area contributed by atoms with E-state index in [1.165, 1.54) is 17.6 Å². The molecule has 26 heavy (non-hydrogen) atoms. The Morgan fingerprint density at radius 2 is 2.04 bits per heavy atom. The van der Waals surface area contributed by atoms with Crippen LogP contribution in [-0.4, -0.2) is 17.0 Å². The second-order valence-electron chi connectivity index (χ2n) is 6.66. The fourth-order valence-corrected chi connectivity index (χ4v) is 3.36. The van der Waals surface area contributed by atoms with Crippen LogP contribution in [0.15, 0.2) is 33.0 Å². The van der Waals surface area contributed by atoms with E-state index in [1.807, 2.05) is 26.2 Å². The van der Waals surface area contributed by atoms with Crippen molar-refractivity contribution >= 4 is 28.3 Å². The number of aromatic nitrogens is 1. The normalized spacial score (nSPS) is 12.5. The van der Waals surface area contributed by atoms with Gasteiger partial charge >= 0.3 is 5.97 Å². The summed E-state index contributed by atoms with van der Waals surface area (Å²) in [6.45, 7) is 7.48. The number of carbonyl (C=O) groups excluding carboxylic acids is 1. The van der Waals surface area contributed by atoms with Crippen LogP contribution in [0.2, 0.25) is 0 Å². The summed E-state index contributed by atoms with van der Waals surface area (Å²) in [6, 6.07) is 2.76. The first-order chi connectivity index (χ1) is 12.3. The van der Waals surface area contributed by atoms with Crippen LogP contribution in [0.4, 0.5) is 0 Å². The molecule has 0 unspecified atom stereocenters. The fraction of sp³-hybridized carbons (Fsp3) is 0.316. The van der Waals surface area contributed by atoms with Crippen molar-refractivity contribution in [1.82, 2.24) is 4.98 Å². The summed E-state index contributed by atoms with van der Waals surface area (Å²) in [7, 11) is 0. The number of ether oxygens (including phenoxy) is 1. The van der Waals surface area contributed by atoms with Gasteiger partial charge in [-0.3, -0.25) is 4.79 Å². The van der Waals surface area contributed by atoms with E-state index in [0.717, 1.165) is 5.69 Å². The van der Waals surface area contributed by atoms with Gasteiger partial charge in [0.15, 0.2) is 6.04 Å². The van der Waals surface area contributed by atoms with Crippen LogP contribution in [0, 0.1) is 19.8 Å². The molecule has 0 amide bonds. The number of rotatable bonds is 4. The van der Waals surface area contributed by atoms with Gasteiger partial charge < -0.3 is 14.9 Å². The zero-order valence-corrected chi connectivity index (χ0v) is 16.0. The molecule has 136 valence electrons. The van der Waals surface area contributed by atoms with E-state index in [0.29, 0.717) is 32.9 Å². The highest BCUT2D eigenvalue weighted by molar-refractivity contribution is 7.13. The molecular formula is C19H21N2O4S+. The molecule has 0 aliphatic heterocycles. The molecule has 0 bridgehead atoms. The van der Waals surface area contributed by atoms with E-state index in [1.54, 1.807) is 19.1 Å². The Bertz CT molecular complexity index is 1040. The van der Waals surface area contributed by atoms with Crippen molar-refractivity contribution in [1.29, 1.82) is 0 Å². The smallest absolute Gasteiger partial charge is 0.370 e. The van der Waals surface area contributed by atoms with Gasteiger partial charge in [-0.05, 0) is 25.5 Å². The van der Waals surface area contributed by atoms with E-state index in [9.17, 15) is 9.59 Å². The standard InChI is InChI=1S/C19H20N2O4S/c1-9(2)16(20)19(23)25-12-5-10(3)15-14(6-12)24-7-13(17(15)22)18-21-11(4)8-26-18/h5-9,16H,20H2,1-4H3/p+1/t16-/m1/s1. The lowest BCUT2D eigenvalue weighted by Gasteiger charge is -2.12. The largest absolute Gasteiger partial charge is 0.463 e. The monoisotopic (exact) mass is 373 g/mol. The van der Waals surface area contributed by atoms with Gasteiger partial charge in [-0.25, -0.2) is 9.78 Å². The number of fused-ring (bicyclic) bond motifs is 1. The van der Waals surface area contributed by atoms with Gasteiger partial charge in [0, 0.05) is 23.1 Å². The Kier molecular flexibility index (Phi) is 4.93. The van der Waals surface area contributed by atoms with Crippen LogP contribution in [0.1, 0.15) is 25.1 Å². The van der Waals surface area contributed by atoms with Gasteiger partial charge in [-0.1, -0.05) is 13.8 Å². The van der Waals surface area contributed by atoms with Crippen LogP contribution in [0.3, 0.4) is 0 Å². The first-order valence-corrected chi connectivity index (χ1v) is 9.19. The lowest BCUT2D eigenvalue weighted by molar-refractivity contribution is -0.417. The summed E-state index contributed by atoms with van der Waals surface area (Å²) >= 11 is 1.40. The number of hydrogen-bond acceptors (Lipinski definition) is 6. The third-order valence-electron chi connectivity index (χ3n) is 4.22. The summed E-state index contributed by atoms with van der Waals surface area (Å²) in [5, 5.41) is 2.98. The SMILES string of the molecule is Cc1csc(-c2coc3cc(OC(=O)[C@H]([NH3+])C(C)C)cc(C)c3c2=O)n1. The Morgan fingerprint density at radius 1 is 1.31 bits per heavy atom. The minimum absolute atomic E-state index is 0.0753. The van der Waals surface area contributed by atoms with E-state index < -0.39 is 12.0 Å². The molecule has 0 fully saturated rings. The van der Waals surface area contributed by atoms with Crippen molar-refractivity contribution in [3.05, 3.63) is 45.3 Å². The summed E-state index contributed by atoms with van der Waals surface area (Å²) in [5.41, 5.74) is 6.02. The molecule has 2 aromatic heterocycles. The number of benzene rings is 1. The predicted molar refractivity (Wildman–Crippen MR) is 100 cm³/mol. The molecule has 3 aromatic rings. The van der Waals surface area contributed by atoms with Gasteiger partial charge in [0.1, 0.15) is 22.6 Å². The lowest BCUT2D eigenvalue weighted by Crippen LogP contribution is -2.68. The van der Waals surface area contributed by atoms with Crippen molar-refractivity contribution in [2.45, 2.75) is 33.7 Å². The van der Waals surface area contributed by atoms with E-state index in [2.05, 4.69) is 10.7 Å².